The van der Waals surface area contributed by atoms with Crippen molar-refractivity contribution in [3.63, 3.8) is 0 Å². The molecule has 1 aromatic heterocycles. The highest BCUT2D eigenvalue weighted by molar-refractivity contribution is 7.18. The van der Waals surface area contributed by atoms with Crippen LogP contribution in [0.4, 0.5) is 5.00 Å². The fourth-order valence-corrected chi connectivity index (χ4v) is 4.22. The minimum Gasteiger partial charge on any atom is -0.497 e. The molecule has 0 aliphatic carbocycles. The minimum atomic E-state index is -0.327. The van der Waals surface area contributed by atoms with Crippen molar-refractivity contribution < 1.29 is 14.3 Å². The lowest BCUT2D eigenvalue weighted by Crippen LogP contribution is -2.35. The van der Waals surface area contributed by atoms with E-state index >= 15 is 0 Å². The number of nitrogens with zero attached hydrogens (tertiary/aromatic N) is 2. The largest absolute Gasteiger partial charge is 0.497 e. The third-order valence-corrected chi connectivity index (χ3v) is 5.87. The summed E-state index contributed by atoms with van der Waals surface area (Å²) in [5.41, 5.74) is 1.43. The second-order valence-electron chi connectivity index (χ2n) is 6.41. The van der Waals surface area contributed by atoms with Crippen LogP contribution in [0.15, 0.2) is 24.3 Å². The van der Waals surface area contributed by atoms with Gasteiger partial charge in [0, 0.05) is 18.7 Å². The molecule has 140 valence electrons. The summed E-state index contributed by atoms with van der Waals surface area (Å²) >= 11 is 1.17. The number of nitrogens with one attached hydrogen (secondary N) is 1. The number of piperidine rings is 1. The van der Waals surface area contributed by atoms with E-state index in [0.717, 1.165) is 32.4 Å². The van der Waals surface area contributed by atoms with Crippen LogP contribution >= 0.6 is 11.3 Å². The van der Waals surface area contributed by atoms with E-state index in [9.17, 15) is 14.9 Å². The third kappa shape index (κ3) is 3.96. The normalized spacial score (nSPS) is 13.7. The summed E-state index contributed by atoms with van der Waals surface area (Å²) < 4.78 is 5.09. The van der Waals surface area contributed by atoms with E-state index < -0.39 is 0 Å². The number of likely N-dealkylation sites (tertiary alicyclic amines) is 1. The summed E-state index contributed by atoms with van der Waals surface area (Å²) in [6.45, 7) is 3.24. The van der Waals surface area contributed by atoms with Gasteiger partial charge in [-0.2, -0.15) is 5.26 Å². The van der Waals surface area contributed by atoms with Crippen LogP contribution in [0.3, 0.4) is 0 Å². The number of methoxy groups -OCH3 is 1. The minimum absolute atomic E-state index is 0.0568. The second-order valence-corrected chi connectivity index (χ2v) is 7.43. The number of benzene rings is 1. The van der Waals surface area contributed by atoms with Crippen LogP contribution in [0.5, 0.6) is 5.75 Å². The van der Waals surface area contributed by atoms with E-state index in [1.807, 2.05) is 4.90 Å². The third-order valence-electron chi connectivity index (χ3n) is 4.68. The van der Waals surface area contributed by atoms with Crippen molar-refractivity contribution >= 4 is 28.2 Å². The Morgan fingerprint density at radius 2 is 1.85 bits per heavy atom. The first kappa shape index (κ1) is 18.9. The molecule has 1 aromatic carbocycles. The molecule has 2 aromatic rings. The summed E-state index contributed by atoms with van der Waals surface area (Å²) in [6, 6.07) is 8.83. The summed E-state index contributed by atoms with van der Waals surface area (Å²) in [7, 11) is 1.56. The highest BCUT2D eigenvalue weighted by Gasteiger charge is 2.26. The molecule has 1 N–H and O–H groups in total. The van der Waals surface area contributed by atoms with Crippen LogP contribution in [-0.2, 0) is 0 Å². The van der Waals surface area contributed by atoms with Crippen LogP contribution in [0, 0.1) is 18.3 Å². The number of nitriles is 1. The quantitative estimate of drug-likeness (QED) is 0.870. The summed E-state index contributed by atoms with van der Waals surface area (Å²) in [6.07, 6.45) is 3.14. The van der Waals surface area contributed by atoms with Crippen molar-refractivity contribution in [2.45, 2.75) is 26.2 Å². The summed E-state index contributed by atoms with van der Waals surface area (Å²) in [4.78, 5) is 27.7. The van der Waals surface area contributed by atoms with Gasteiger partial charge in [-0.25, -0.2) is 0 Å². The monoisotopic (exact) mass is 383 g/mol. The van der Waals surface area contributed by atoms with Gasteiger partial charge in [-0.1, -0.05) is 0 Å². The number of rotatable bonds is 4. The van der Waals surface area contributed by atoms with Crippen molar-refractivity contribution in [3.8, 4) is 11.8 Å². The number of amides is 2. The molecule has 0 radical (unpaired) electrons. The zero-order valence-electron chi connectivity index (χ0n) is 15.4. The zero-order chi connectivity index (χ0) is 19.4. The molecule has 2 heterocycles. The Labute approximate surface area is 162 Å². The van der Waals surface area contributed by atoms with Crippen LogP contribution in [-0.4, -0.2) is 36.9 Å². The Balaban J connectivity index is 1.83. The molecular weight excluding hydrogens is 362 g/mol. The van der Waals surface area contributed by atoms with Gasteiger partial charge in [-0.05, 0) is 56.0 Å². The maximum atomic E-state index is 12.8. The lowest BCUT2D eigenvalue weighted by Gasteiger charge is -2.26. The van der Waals surface area contributed by atoms with Crippen molar-refractivity contribution in [2.75, 3.05) is 25.5 Å². The topological polar surface area (TPSA) is 82.4 Å². The molecule has 0 saturated carbocycles. The number of thiophene rings is 1. The van der Waals surface area contributed by atoms with Crippen LogP contribution in [0.1, 0.15) is 50.4 Å². The van der Waals surface area contributed by atoms with Crippen molar-refractivity contribution in [1.29, 1.82) is 5.26 Å². The molecule has 0 spiro atoms. The Morgan fingerprint density at radius 3 is 2.44 bits per heavy atom. The Morgan fingerprint density at radius 1 is 1.19 bits per heavy atom. The molecule has 0 atom stereocenters. The molecule has 0 bridgehead atoms. The first-order valence-electron chi connectivity index (χ1n) is 8.83. The van der Waals surface area contributed by atoms with Crippen molar-refractivity contribution in [1.82, 2.24) is 4.90 Å². The molecule has 1 aliphatic heterocycles. The number of hydrogen-bond donors (Lipinski definition) is 1. The van der Waals surface area contributed by atoms with Gasteiger partial charge in [0.1, 0.15) is 16.8 Å². The second kappa shape index (κ2) is 8.23. The molecular formula is C20H21N3O3S. The number of carbonyl (C=O) groups excluding carboxylic acids is 2. The Bertz CT molecular complexity index is 890. The van der Waals surface area contributed by atoms with E-state index in [2.05, 4.69) is 11.4 Å². The number of anilines is 1. The lowest BCUT2D eigenvalue weighted by molar-refractivity contribution is 0.0728. The van der Waals surface area contributed by atoms with Gasteiger partial charge in [0.2, 0.25) is 0 Å². The molecule has 2 amide bonds. The van der Waals surface area contributed by atoms with E-state index in [0.29, 0.717) is 32.3 Å². The molecule has 27 heavy (non-hydrogen) atoms. The zero-order valence-corrected chi connectivity index (χ0v) is 16.2. The van der Waals surface area contributed by atoms with E-state index in [1.54, 1.807) is 38.3 Å². The molecule has 1 fully saturated rings. The molecule has 0 unspecified atom stereocenters. The SMILES string of the molecule is COc1ccc(C(=O)Nc2sc(C(=O)N3CCCCC3)c(C)c2C#N)cc1. The maximum Gasteiger partial charge on any atom is 0.264 e. The predicted molar refractivity (Wildman–Crippen MR) is 104 cm³/mol. The lowest BCUT2D eigenvalue weighted by atomic mass is 10.1. The van der Waals surface area contributed by atoms with Gasteiger partial charge in [-0.15, -0.1) is 11.3 Å². The number of ether oxygens (including phenoxy) is 1. The van der Waals surface area contributed by atoms with Gasteiger partial charge in [0.15, 0.2) is 0 Å². The molecule has 7 heteroatoms. The van der Waals surface area contributed by atoms with E-state index in [4.69, 9.17) is 4.74 Å². The Kier molecular flexibility index (Phi) is 5.77. The Hall–Kier alpha value is -2.85. The average Bonchev–Trinajstić information content (AvgIpc) is 3.03. The maximum absolute atomic E-state index is 12.8. The number of carbonyl (C=O) groups is 2. The van der Waals surface area contributed by atoms with E-state index in [1.165, 1.54) is 11.3 Å². The van der Waals surface area contributed by atoms with Crippen LogP contribution in [0.2, 0.25) is 0 Å². The van der Waals surface area contributed by atoms with Gasteiger partial charge in [-0.3, -0.25) is 9.59 Å². The van der Waals surface area contributed by atoms with E-state index in [-0.39, 0.29) is 11.8 Å². The highest BCUT2D eigenvalue weighted by Crippen LogP contribution is 2.34. The summed E-state index contributed by atoms with van der Waals surface area (Å²) in [5.74, 6) is 0.275. The van der Waals surface area contributed by atoms with Crippen molar-refractivity contribution in [2.24, 2.45) is 0 Å². The summed E-state index contributed by atoms with van der Waals surface area (Å²) in [5, 5.41) is 12.7. The fourth-order valence-electron chi connectivity index (χ4n) is 3.10. The first-order chi connectivity index (χ1) is 13.0. The van der Waals surface area contributed by atoms with Crippen LogP contribution < -0.4 is 10.1 Å². The number of hydrogen-bond acceptors (Lipinski definition) is 5. The van der Waals surface area contributed by atoms with Crippen molar-refractivity contribution in [3.05, 3.63) is 45.8 Å². The predicted octanol–water partition coefficient (Wildman–Crippen LogP) is 3.82. The standard InChI is InChI=1S/C20H21N3O3S/c1-13-16(12-21)19(22-18(24)14-6-8-15(26-2)9-7-14)27-17(13)20(25)23-10-4-3-5-11-23/h6-9H,3-5,10-11H2,1-2H3,(H,22,24). The van der Waals surface area contributed by atoms with Crippen LogP contribution in [0.25, 0.3) is 0 Å². The van der Waals surface area contributed by atoms with Gasteiger partial charge in [0.05, 0.1) is 17.6 Å². The van der Waals surface area contributed by atoms with Gasteiger partial charge >= 0.3 is 0 Å². The molecule has 1 aliphatic rings. The smallest absolute Gasteiger partial charge is 0.264 e. The van der Waals surface area contributed by atoms with Gasteiger partial charge in [0.25, 0.3) is 11.8 Å². The molecule has 3 rings (SSSR count). The molecule has 1 saturated heterocycles. The van der Waals surface area contributed by atoms with Gasteiger partial charge < -0.3 is 15.0 Å². The molecule has 6 nitrogen and oxygen atoms in total. The first-order valence-corrected chi connectivity index (χ1v) is 9.65. The fraction of sp³-hybridized carbons (Fsp3) is 0.350. The highest BCUT2D eigenvalue weighted by atomic mass is 32.1. The average molecular weight is 383 g/mol.